The van der Waals surface area contributed by atoms with Crippen molar-refractivity contribution in [2.45, 2.75) is 0 Å². The van der Waals surface area contributed by atoms with E-state index in [2.05, 4.69) is 15.5 Å². The summed E-state index contributed by atoms with van der Waals surface area (Å²) in [5.74, 6) is -0.120. The Labute approximate surface area is 142 Å². The van der Waals surface area contributed by atoms with Crippen LogP contribution >= 0.6 is 45.2 Å². The molecule has 0 saturated heterocycles. The van der Waals surface area contributed by atoms with Gasteiger partial charge in [0.05, 0.1) is 13.4 Å². The van der Waals surface area contributed by atoms with Crippen LogP contribution in [-0.2, 0) is 0 Å². The maximum Gasteiger partial charge on any atom is 0.289 e. The highest BCUT2D eigenvalue weighted by Gasteiger charge is 2.05. The van der Waals surface area contributed by atoms with Crippen LogP contribution in [0.15, 0.2) is 41.6 Å². The molecule has 102 valence electrons. The van der Waals surface area contributed by atoms with Gasteiger partial charge in [-0.3, -0.25) is 9.78 Å². The summed E-state index contributed by atoms with van der Waals surface area (Å²) in [7, 11) is 0. The lowest BCUT2D eigenvalue weighted by Gasteiger charge is -2.02. The number of amides is 1. The van der Waals surface area contributed by atoms with Gasteiger partial charge in [-0.1, -0.05) is 6.07 Å². The second-order valence-corrected chi connectivity index (χ2v) is 6.07. The number of carbonyl (C=O) groups excluding carboxylic acids is 1. The van der Waals surface area contributed by atoms with Gasteiger partial charge in [-0.15, -0.1) is 0 Å². The fraction of sp³-hybridized carbons (Fsp3) is 0. The number of carbonyl (C=O) groups is 1. The van der Waals surface area contributed by atoms with Crippen molar-refractivity contribution in [3.63, 3.8) is 0 Å². The smallest absolute Gasteiger partial charge is 0.289 e. The van der Waals surface area contributed by atoms with Gasteiger partial charge in [0.25, 0.3) is 5.91 Å². The molecule has 0 bridgehead atoms. The van der Waals surface area contributed by atoms with Gasteiger partial charge in [0.1, 0.15) is 11.4 Å². The molecule has 20 heavy (non-hydrogen) atoms. The Balaban J connectivity index is 2.06. The average Bonchev–Trinajstić information content (AvgIpc) is 2.45. The van der Waals surface area contributed by atoms with Crippen molar-refractivity contribution in [3.05, 3.63) is 54.9 Å². The predicted octanol–water partition coefficient (Wildman–Crippen LogP) is 2.76. The molecule has 7 heteroatoms. The van der Waals surface area contributed by atoms with Gasteiger partial charge in [-0.05, 0) is 75.0 Å². The Morgan fingerprint density at radius 1 is 1.30 bits per heavy atom. The van der Waals surface area contributed by atoms with Crippen LogP contribution in [0.4, 0.5) is 0 Å². The summed E-state index contributed by atoms with van der Waals surface area (Å²) in [6.07, 6.45) is 3.06. The molecule has 1 aromatic heterocycles. The summed E-state index contributed by atoms with van der Waals surface area (Å²) >= 11 is 4.07. The van der Waals surface area contributed by atoms with Crippen LogP contribution in [-0.4, -0.2) is 22.2 Å². The van der Waals surface area contributed by atoms with Crippen molar-refractivity contribution in [2.24, 2.45) is 5.10 Å². The Morgan fingerprint density at radius 2 is 2.00 bits per heavy atom. The van der Waals surface area contributed by atoms with Crippen LogP contribution in [0.3, 0.4) is 0 Å². The van der Waals surface area contributed by atoms with Gasteiger partial charge in [-0.2, -0.15) is 5.10 Å². The van der Waals surface area contributed by atoms with E-state index in [9.17, 15) is 9.90 Å². The molecule has 0 aliphatic rings. The molecule has 0 atom stereocenters. The molecule has 1 aromatic carbocycles. The van der Waals surface area contributed by atoms with E-state index in [0.717, 1.165) is 12.7 Å². The summed E-state index contributed by atoms with van der Waals surface area (Å²) in [4.78, 5) is 15.6. The number of nitrogens with one attached hydrogen (secondary N) is 1. The van der Waals surface area contributed by atoms with Crippen LogP contribution in [0, 0.1) is 7.14 Å². The molecule has 5 nitrogen and oxygen atoms in total. The number of pyridine rings is 1. The number of halogens is 2. The molecule has 0 fully saturated rings. The lowest BCUT2D eigenvalue weighted by Crippen LogP contribution is -2.18. The standard InChI is InChI=1S/C13H9I2N3O2/c14-9-5-8(6-10(15)12(9)19)7-17-18-13(20)11-3-1-2-4-16-11/h1-7,19H,(H,18,20). The summed E-state index contributed by atoms with van der Waals surface area (Å²) in [5.41, 5.74) is 3.50. The van der Waals surface area contributed by atoms with E-state index in [0.29, 0.717) is 5.69 Å². The first-order valence-corrected chi connectivity index (χ1v) is 7.66. The Morgan fingerprint density at radius 3 is 2.60 bits per heavy atom. The summed E-state index contributed by atoms with van der Waals surface area (Å²) in [6, 6.07) is 8.62. The van der Waals surface area contributed by atoms with Crippen molar-refractivity contribution in [2.75, 3.05) is 0 Å². The number of benzene rings is 1. The number of hydrogen-bond acceptors (Lipinski definition) is 4. The minimum Gasteiger partial charge on any atom is -0.506 e. The van der Waals surface area contributed by atoms with Crippen LogP contribution < -0.4 is 5.43 Å². The van der Waals surface area contributed by atoms with Crippen LogP contribution in [0.2, 0.25) is 0 Å². The molecular formula is C13H9I2N3O2. The number of hydrazone groups is 1. The van der Waals surface area contributed by atoms with Crippen molar-refractivity contribution >= 4 is 57.3 Å². The Kier molecular flexibility index (Phi) is 5.29. The monoisotopic (exact) mass is 493 g/mol. The topological polar surface area (TPSA) is 74.6 Å². The minimum absolute atomic E-state index is 0.251. The normalized spacial score (nSPS) is 10.7. The van der Waals surface area contributed by atoms with Gasteiger partial charge in [-0.25, -0.2) is 5.43 Å². The summed E-state index contributed by atoms with van der Waals surface area (Å²) in [5, 5.41) is 13.5. The SMILES string of the molecule is O=C(NN=Cc1cc(I)c(O)c(I)c1)c1ccccn1. The van der Waals surface area contributed by atoms with Crippen LogP contribution in [0.25, 0.3) is 0 Å². The third kappa shape index (κ3) is 3.88. The van der Waals surface area contributed by atoms with Crippen LogP contribution in [0.1, 0.15) is 16.1 Å². The molecule has 0 radical (unpaired) electrons. The van der Waals surface area contributed by atoms with E-state index in [-0.39, 0.29) is 11.7 Å². The third-order valence-electron chi connectivity index (χ3n) is 2.32. The summed E-state index contributed by atoms with van der Waals surface area (Å²) < 4.78 is 1.46. The maximum atomic E-state index is 11.7. The third-order valence-corrected chi connectivity index (χ3v) is 3.96. The zero-order chi connectivity index (χ0) is 14.5. The second-order valence-electron chi connectivity index (χ2n) is 3.75. The zero-order valence-electron chi connectivity index (χ0n) is 10.0. The van der Waals surface area contributed by atoms with Crippen LogP contribution in [0.5, 0.6) is 5.75 Å². The fourth-order valence-electron chi connectivity index (χ4n) is 1.38. The number of aromatic hydroxyl groups is 1. The van der Waals surface area contributed by atoms with Crippen molar-refractivity contribution in [1.82, 2.24) is 10.4 Å². The molecule has 1 amide bonds. The number of rotatable bonds is 3. The number of hydrogen-bond donors (Lipinski definition) is 2. The molecular weight excluding hydrogens is 484 g/mol. The van der Waals surface area contributed by atoms with Crippen molar-refractivity contribution < 1.29 is 9.90 Å². The fourth-order valence-corrected chi connectivity index (χ4v) is 3.20. The predicted molar refractivity (Wildman–Crippen MR) is 92.8 cm³/mol. The summed E-state index contributed by atoms with van der Waals surface area (Å²) in [6.45, 7) is 0. The molecule has 2 N–H and O–H groups in total. The maximum absolute atomic E-state index is 11.7. The highest BCUT2D eigenvalue weighted by molar-refractivity contribution is 14.1. The molecule has 2 rings (SSSR count). The number of phenolic OH excluding ortho intramolecular Hbond substituents is 1. The quantitative estimate of drug-likeness (QED) is 0.393. The molecule has 0 spiro atoms. The lowest BCUT2D eigenvalue weighted by atomic mass is 10.2. The number of phenols is 1. The molecule has 2 aromatic rings. The van der Waals surface area contributed by atoms with Gasteiger partial charge >= 0.3 is 0 Å². The molecule has 0 aliphatic carbocycles. The second kappa shape index (κ2) is 6.97. The van der Waals surface area contributed by atoms with E-state index >= 15 is 0 Å². The van der Waals surface area contributed by atoms with E-state index in [4.69, 9.17) is 0 Å². The van der Waals surface area contributed by atoms with Crippen molar-refractivity contribution in [3.8, 4) is 5.75 Å². The highest BCUT2D eigenvalue weighted by atomic mass is 127. The van der Waals surface area contributed by atoms with Gasteiger partial charge in [0, 0.05) is 6.20 Å². The zero-order valence-corrected chi connectivity index (χ0v) is 14.4. The van der Waals surface area contributed by atoms with E-state index in [1.54, 1.807) is 36.5 Å². The Hall–Kier alpha value is -1.23. The van der Waals surface area contributed by atoms with Gasteiger partial charge < -0.3 is 5.11 Å². The number of nitrogens with zero attached hydrogens (tertiary/aromatic N) is 2. The first kappa shape index (κ1) is 15.2. The molecule has 1 heterocycles. The average molecular weight is 493 g/mol. The first-order chi connectivity index (χ1) is 9.58. The van der Waals surface area contributed by atoms with E-state index in [1.165, 1.54) is 6.21 Å². The van der Waals surface area contributed by atoms with Gasteiger partial charge in [0.15, 0.2) is 0 Å². The minimum atomic E-state index is -0.370. The lowest BCUT2D eigenvalue weighted by molar-refractivity contribution is 0.0950. The molecule has 0 saturated carbocycles. The first-order valence-electron chi connectivity index (χ1n) is 5.50. The molecule has 0 aliphatic heterocycles. The van der Waals surface area contributed by atoms with Crippen molar-refractivity contribution in [1.29, 1.82) is 0 Å². The largest absolute Gasteiger partial charge is 0.506 e. The van der Waals surface area contributed by atoms with E-state index < -0.39 is 0 Å². The number of aromatic nitrogens is 1. The highest BCUT2D eigenvalue weighted by Crippen LogP contribution is 2.26. The Bertz CT molecular complexity index is 637. The molecule has 0 unspecified atom stereocenters. The van der Waals surface area contributed by atoms with E-state index in [1.807, 2.05) is 45.2 Å². The van der Waals surface area contributed by atoms with Gasteiger partial charge in [0.2, 0.25) is 0 Å².